The topological polar surface area (TPSA) is 142 Å². The Morgan fingerprint density at radius 3 is 2.36 bits per heavy atom. The molecular formula is C22H17N5O6. The number of imidazole rings is 1. The molecule has 0 aliphatic carbocycles. The van der Waals surface area contributed by atoms with Crippen LogP contribution in [0.5, 0.6) is 5.75 Å². The fourth-order valence-corrected chi connectivity index (χ4v) is 3.39. The molecule has 0 atom stereocenters. The minimum Gasteiger partial charge on any atom is -0.495 e. The number of hydrogen-bond acceptors (Lipinski definition) is 7. The molecule has 11 nitrogen and oxygen atoms in total. The van der Waals surface area contributed by atoms with Crippen LogP contribution >= 0.6 is 0 Å². The van der Waals surface area contributed by atoms with Crippen LogP contribution < -0.4 is 10.1 Å². The van der Waals surface area contributed by atoms with Gasteiger partial charge in [0.05, 0.1) is 40.0 Å². The minimum absolute atomic E-state index is 0.230. The van der Waals surface area contributed by atoms with Gasteiger partial charge in [-0.2, -0.15) is 0 Å². The van der Waals surface area contributed by atoms with Crippen molar-refractivity contribution < 1.29 is 19.4 Å². The number of anilines is 1. The van der Waals surface area contributed by atoms with Gasteiger partial charge in [0.2, 0.25) is 0 Å². The zero-order chi connectivity index (χ0) is 23.7. The van der Waals surface area contributed by atoms with Crippen molar-refractivity contribution in [1.82, 2.24) is 9.38 Å². The van der Waals surface area contributed by atoms with Gasteiger partial charge in [-0.25, -0.2) is 4.98 Å². The van der Waals surface area contributed by atoms with Crippen molar-refractivity contribution >= 4 is 28.6 Å². The number of ether oxygens (including phenoxy) is 1. The van der Waals surface area contributed by atoms with Crippen LogP contribution in [0.2, 0.25) is 0 Å². The molecular weight excluding hydrogens is 430 g/mol. The maximum absolute atomic E-state index is 12.8. The second-order valence-electron chi connectivity index (χ2n) is 7.17. The lowest BCUT2D eigenvalue weighted by Gasteiger charge is -2.11. The summed E-state index contributed by atoms with van der Waals surface area (Å²) in [6, 6.07) is 11.7. The van der Waals surface area contributed by atoms with Crippen molar-refractivity contribution in [2.75, 3.05) is 12.4 Å². The van der Waals surface area contributed by atoms with Gasteiger partial charge in [0.15, 0.2) is 0 Å². The molecule has 2 heterocycles. The van der Waals surface area contributed by atoms with Gasteiger partial charge in [-0.1, -0.05) is 6.07 Å². The number of nitro groups is 2. The molecule has 0 aliphatic heterocycles. The molecule has 0 spiro atoms. The molecule has 0 fully saturated rings. The van der Waals surface area contributed by atoms with E-state index >= 15 is 0 Å². The van der Waals surface area contributed by atoms with E-state index in [-0.39, 0.29) is 11.3 Å². The van der Waals surface area contributed by atoms with Crippen molar-refractivity contribution in [3.63, 3.8) is 0 Å². The van der Waals surface area contributed by atoms with E-state index in [1.165, 1.54) is 7.11 Å². The third-order valence-corrected chi connectivity index (χ3v) is 5.01. The molecule has 2 aromatic carbocycles. The predicted octanol–water partition coefficient (Wildman–Crippen LogP) is 4.39. The zero-order valence-corrected chi connectivity index (χ0v) is 17.5. The number of amides is 1. The number of aryl methyl sites for hydroxylation is 1. The number of carbonyl (C=O) groups is 1. The first-order chi connectivity index (χ1) is 15.8. The number of nitro benzene ring substituents is 2. The summed E-state index contributed by atoms with van der Waals surface area (Å²) in [6.45, 7) is 1.95. The standard InChI is InChI=1S/C22H17N5O6/c1-13-4-3-7-25-12-19(23-21(13)25)14-5-6-20(33-2)18(10-14)24-22(28)15-8-16(26(29)30)11-17(9-15)27(31)32/h3-12H,1-2H3,(H,24,28). The Hall–Kier alpha value is -4.80. The SMILES string of the molecule is COc1ccc(-c2cn3cccc(C)c3n2)cc1NC(=O)c1cc([N+](=O)[O-])cc([N+](=O)[O-])c1. The molecule has 11 heteroatoms. The summed E-state index contributed by atoms with van der Waals surface area (Å²) in [5, 5.41) is 24.9. The van der Waals surface area contributed by atoms with E-state index in [1.54, 1.807) is 18.2 Å². The molecule has 2 aromatic heterocycles. The zero-order valence-electron chi connectivity index (χ0n) is 17.5. The van der Waals surface area contributed by atoms with Gasteiger partial charge in [-0.05, 0) is 36.8 Å². The number of methoxy groups -OCH3 is 1. The molecule has 0 saturated carbocycles. The van der Waals surface area contributed by atoms with Crippen molar-refractivity contribution in [2.45, 2.75) is 6.92 Å². The van der Waals surface area contributed by atoms with Gasteiger partial charge in [0, 0.05) is 30.1 Å². The molecule has 0 radical (unpaired) electrons. The molecule has 33 heavy (non-hydrogen) atoms. The Labute approximate surface area is 186 Å². The molecule has 4 rings (SSSR count). The molecule has 1 N–H and O–H groups in total. The van der Waals surface area contributed by atoms with E-state index < -0.39 is 27.1 Å². The summed E-state index contributed by atoms with van der Waals surface area (Å²) in [5.74, 6) is -0.421. The predicted molar refractivity (Wildman–Crippen MR) is 120 cm³/mol. The Balaban J connectivity index is 1.72. The van der Waals surface area contributed by atoms with Crippen LogP contribution in [-0.2, 0) is 0 Å². The molecule has 0 aliphatic rings. The number of pyridine rings is 1. The largest absolute Gasteiger partial charge is 0.495 e. The van der Waals surface area contributed by atoms with Crippen LogP contribution in [-0.4, -0.2) is 32.2 Å². The average molecular weight is 447 g/mol. The van der Waals surface area contributed by atoms with E-state index in [4.69, 9.17) is 4.74 Å². The lowest BCUT2D eigenvalue weighted by atomic mass is 10.1. The Bertz CT molecular complexity index is 1400. The Kier molecular flexibility index (Phi) is 5.44. The second-order valence-corrected chi connectivity index (χ2v) is 7.17. The number of benzene rings is 2. The summed E-state index contributed by atoms with van der Waals surface area (Å²) in [7, 11) is 1.43. The third-order valence-electron chi connectivity index (χ3n) is 5.01. The average Bonchev–Trinajstić information content (AvgIpc) is 3.24. The molecule has 166 valence electrons. The van der Waals surface area contributed by atoms with Crippen LogP contribution in [0.1, 0.15) is 15.9 Å². The third kappa shape index (κ3) is 4.19. The summed E-state index contributed by atoms with van der Waals surface area (Å²) in [5.41, 5.74) is 2.07. The number of hydrogen-bond donors (Lipinski definition) is 1. The fourth-order valence-electron chi connectivity index (χ4n) is 3.39. The quantitative estimate of drug-likeness (QED) is 0.341. The van der Waals surface area contributed by atoms with Gasteiger partial charge in [-0.15, -0.1) is 0 Å². The number of non-ortho nitro benzene ring substituents is 2. The summed E-state index contributed by atoms with van der Waals surface area (Å²) in [4.78, 5) is 38.1. The summed E-state index contributed by atoms with van der Waals surface area (Å²) in [6.07, 6.45) is 3.72. The van der Waals surface area contributed by atoms with Crippen LogP contribution in [0.4, 0.5) is 17.1 Å². The van der Waals surface area contributed by atoms with Gasteiger partial charge >= 0.3 is 0 Å². The number of carbonyl (C=O) groups excluding carboxylic acids is 1. The number of nitrogens with zero attached hydrogens (tertiary/aromatic N) is 4. The number of fused-ring (bicyclic) bond motifs is 1. The maximum atomic E-state index is 12.8. The van der Waals surface area contributed by atoms with Gasteiger partial charge < -0.3 is 14.5 Å². The van der Waals surface area contributed by atoms with Crippen molar-refractivity contribution in [3.05, 3.63) is 92.3 Å². The van der Waals surface area contributed by atoms with Gasteiger partial charge in [0.25, 0.3) is 17.3 Å². The van der Waals surface area contributed by atoms with Gasteiger partial charge in [-0.3, -0.25) is 25.0 Å². The van der Waals surface area contributed by atoms with Crippen molar-refractivity contribution in [1.29, 1.82) is 0 Å². The molecule has 4 aromatic rings. The Morgan fingerprint density at radius 1 is 1.06 bits per heavy atom. The maximum Gasteiger partial charge on any atom is 0.277 e. The first kappa shape index (κ1) is 21.4. The van der Waals surface area contributed by atoms with Crippen LogP contribution in [0.25, 0.3) is 16.9 Å². The Morgan fingerprint density at radius 2 is 1.76 bits per heavy atom. The molecule has 0 saturated heterocycles. The van der Waals surface area contributed by atoms with E-state index in [0.717, 1.165) is 29.4 Å². The van der Waals surface area contributed by atoms with Crippen molar-refractivity contribution in [2.24, 2.45) is 0 Å². The summed E-state index contributed by atoms with van der Waals surface area (Å²) < 4.78 is 7.20. The van der Waals surface area contributed by atoms with Crippen molar-refractivity contribution in [3.8, 4) is 17.0 Å². The normalized spacial score (nSPS) is 10.7. The number of aromatic nitrogens is 2. The monoisotopic (exact) mass is 447 g/mol. The first-order valence-electron chi connectivity index (χ1n) is 9.65. The fraction of sp³-hybridized carbons (Fsp3) is 0.0909. The van der Waals surface area contributed by atoms with Crippen LogP contribution in [0, 0.1) is 27.2 Å². The highest BCUT2D eigenvalue weighted by atomic mass is 16.6. The molecule has 0 bridgehead atoms. The highest BCUT2D eigenvalue weighted by Gasteiger charge is 2.21. The second kappa shape index (κ2) is 8.38. The van der Waals surface area contributed by atoms with E-state index in [2.05, 4.69) is 10.3 Å². The van der Waals surface area contributed by atoms with Crippen LogP contribution in [0.15, 0.2) is 60.9 Å². The lowest BCUT2D eigenvalue weighted by molar-refractivity contribution is -0.394. The van der Waals surface area contributed by atoms with Crippen LogP contribution in [0.3, 0.4) is 0 Å². The highest BCUT2D eigenvalue weighted by molar-refractivity contribution is 6.06. The molecule has 0 unspecified atom stereocenters. The molecule has 1 amide bonds. The smallest absolute Gasteiger partial charge is 0.277 e. The number of rotatable bonds is 6. The van der Waals surface area contributed by atoms with Gasteiger partial charge in [0.1, 0.15) is 11.4 Å². The lowest BCUT2D eigenvalue weighted by Crippen LogP contribution is -2.13. The van der Waals surface area contributed by atoms with E-state index in [1.807, 2.05) is 35.9 Å². The highest BCUT2D eigenvalue weighted by Crippen LogP contribution is 2.32. The number of nitrogens with one attached hydrogen (secondary N) is 1. The first-order valence-corrected chi connectivity index (χ1v) is 9.65. The summed E-state index contributed by atoms with van der Waals surface area (Å²) >= 11 is 0. The minimum atomic E-state index is -0.795. The van der Waals surface area contributed by atoms with E-state index in [0.29, 0.717) is 17.0 Å². The van der Waals surface area contributed by atoms with E-state index in [9.17, 15) is 25.0 Å².